The third-order valence-corrected chi connectivity index (χ3v) is 2.00. The molecule has 0 aliphatic carbocycles. The lowest BCUT2D eigenvalue weighted by atomic mass is 10.0. The third kappa shape index (κ3) is 2.34. The number of aliphatic carboxylic acids is 1. The van der Waals surface area contributed by atoms with E-state index in [1.165, 1.54) is 6.07 Å². The van der Waals surface area contributed by atoms with Crippen LogP contribution in [0, 0.1) is 0 Å². The molecule has 1 unspecified atom stereocenters. The van der Waals surface area contributed by atoms with Crippen molar-refractivity contribution in [2.75, 3.05) is 0 Å². The Hall–Kier alpha value is -1.32. The van der Waals surface area contributed by atoms with Crippen LogP contribution in [0.2, 0.25) is 5.02 Å². The zero-order valence-electron chi connectivity index (χ0n) is 7.27. The molecule has 0 saturated heterocycles. The van der Waals surface area contributed by atoms with E-state index in [4.69, 9.17) is 16.7 Å². The van der Waals surface area contributed by atoms with Crippen molar-refractivity contribution in [3.63, 3.8) is 0 Å². The third-order valence-electron chi connectivity index (χ3n) is 1.77. The summed E-state index contributed by atoms with van der Waals surface area (Å²) in [6, 6.07) is 6.36. The van der Waals surface area contributed by atoms with Crippen LogP contribution >= 0.6 is 11.6 Å². The van der Waals surface area contributed by atoms with Gasteiger partial charge < -0.3 is 10.2 Å². The molecular formula is C10H9ClO3. The minimum atomic E-state index is -1.22. The van der Waals surface area contributed by atoms with Crippen molar-refractivity contribution in [3.8, 4) is 0 Å². The first-order chi connectivity index (χ1) is 6.52. The van der Waals surface area contributed by atoms with Gasteiger partial charge in [0, 0.05) is 5.02 Å². The Morgan fingerprint density at radius 1 is 1.50 bits per heavy atom. The maximum atomic E-state index is 10.5. The number of aliphatic hydroxyl groups excluding tert-OH is 1. The monoisotopic (exact) mass is 212 g/mol. The Kier molecular flexibility index (Phi) is 3.28. The number of aliphatic hydroxyl groups is 1. The van der Waals surface area contributed by atoms with Crippen LogP contribution in [-0.4, -0.2) is 16.2 Å². The molecule has 74 valence electrons. The van der Waals surface area contributed by atoms with Crippen LogP contribution in [0.3, 0.4) is 0 Å². The number of halogens is 1. The number of hydrogen-bond acceptors (Lipinski definition) is 2. The predicted molar refractivity (Wildman–Crippen MR) is 53.2 cm³/mol. The average molecular weight is 213 g/mol. The minimum Gasteiger partial charge on any atom is -0.478 e. The molecule has 14 heavy (non-hydrogen) atoms. The highest BCUT2D eigenvalue weighted by Crippen LogP contribution is 2.22. The van der Waals surface area contributed by atoms with Crippen LogP contribution in [0.1, 0.15) is 11.7 Å². The summed E-state index contributed by atoms with van der Waals surface area (Å²) in [5.41, 5.74) is 0.150. The van der Waals surface area contributed by atoms with Crippen LogP contribution in [0.25, 0.3) is 0 Å². The Morgan fingerprint density at radius 2 is 2.14 bits per heavy atom. The second-order valence-corrected chi connectivity index (χ2v) is 3.22. The van der Waals surface area contributed by atoms with Crippen LogP contribution in [0.15, 0.2) is 36.4 Å². The summed E-state index contributed by atoms with van der Waals surface area (Å²) >= 11 is 5.68. The number of hydrogen-bond donors (Lipinski definition) is 2. The molecule has 0 radical (unpaired) electrons. The molecule has 0 saturated carbocycles. The van der Waals surface area contributed by atoms with E-state index in [1.807, 2.05) is 0 Å². The van der Waals surface area contributed by atoms with Gasteiger partial charge in [0.1, 0.15) is 6.10 Å². The molecule has 0 amide bonds. The molecule has 2 N–H and O–H groups in total. The van der Waals surface area contributed by atoms with Crippen molar-refractivity contribution in [1.29, 1.82) is 0 Å². The topological polar surface area (TPSA) is 57.5 Å². The zero-order valence-corrected chi connectivity index (χ0v) is 8.03. The Labute approximate surface area is 86.3 Å². The van der Waals surface area contributed by atoms with Crippen molar-refractivity contribution in [2.45, 2.75) is 6.10 Å². The van der Waals surface area contributed by atoms with Gasteiger partial charge in [-0.2, -0.15) is 0 Å². The predicted octanol–water partition coefficient (Wildman–Crippen LogP) is 2.01. The van der Waals surface area contributed by atoms with Crippen molar-refractivity contribution in [1.82, 2.24) is 0 Å². The Morgan fingerprint density at radius 3 is 2.64 bits per heavy atom. The second kappa shape index (κ2) is 4.26. The molecule has 0 aromatic heterocycles. The van der Waals surface area contributed by atoms with Gasteiger partial charge in [-0.15, -0.1) is 0 Å². The van der Waals surface area contributed by atoms with Crippen molar-refractivity contribution in [2.24, 2.45) is 0 Å². The van der Waals surface area contributed by atoms with Crippen molar-refractivity contribution in [3.05, 3.63) is 47.0 Å². The molecule has 0 heterocycles. The van der Waals surface area contributed by atoms with E-state index in [2.05, 4.69) is 6.58 Å². The van der Waals surface area contributed by atoms with Gasteiger partial charge in [0.15, 0.2) is 0 Å². The highest BCUT2D eigenvalue weighted by molar-refractivity contribution is 6.30. The normalized spacial score (nSPS) is 12.1. The Balaban J connectivity index is 2.95. The molecule has 0 spiro atoms. The molecule has 0 aliphatic heterocycles. The number of carboxylic acid groups (broad SMARTS) is 1. The van der Waals surface area contributed by atoms with Gasteiger partial charge in [0.25, 0.3) is 0 Å². The lowest BCUT2D eigenvalue weighted by Crippen LogP contribution is -2.09. The van der Waals surface area contributed by atoms with Crippen molar-refractivity contribution >= 4 is 17.6 Å². The van der Waals surface area contributed by atoms with Crippen LogP contribution < -0.4 is 0 Å². The molecule has 3 nitrogen and oxygen atoms in total. The number of carbonyl (C=O) groups is 1. The van der Waals surface area contributed by atoms with Crippen LogP contribution in [-0.2, 0) is 4.79 Å². The first kappa shape index (κ1) is 10.8. The molecule has 1 aromatic carbocycles. The van der Waals surface area contributed by atoms with E-state index in [-0.39, 0.29) is 5.57 Å². The molecular weight excluding hydrogens is 204 g/mol. The summed E-state index contributed by atoms with van der Waals surface area (Å²) in [4.78, 5) is 10.5. The molecule has 1 aromatic rings. The van der Waals surface area contributed by atoms with E-state index in [0.29, 0.717) is 10.6 Å². The first-order valence-electron chi connectivity index (χ1n) is 3.88. The second-order valence-electron chi connectivity index (χ2n) is 2.79. The van der Waals surface area contributed by atoms with Crippen molar-refractivity contribution < 1.29 is 15.0 Å². The maximum Gasteiger partial charge on any atom is 0.333 e. The van der Waals surface area contributed by atoms with Crippen LogP contribution in [0.4, 0.5) is 0 Å². The van der Waals surface area contributed by atoms with Gasteiger partial charge in [-0.05, 0) is 17.7 Å². The number of carboxylic acids is 1. The summed E-state index contributed by atoms with van der Waals surface area (Å²) < 4.78 is 0. The van der Waals surface area contributed by atoms with Gasteiger partial charge in [-0.25, -0.2) is 4.79 Å². The fourth-order valence-corrected chi connectivity index (χ4v) is 1.19. The molecule has 1 atom stereocenters. The molecule has 4 heteroatoms. The van der Waals surface area contributed by atoms with E-state index in [1.54, 1.807) is 18.2 Å². The summed E-state index contributed by atoms with van der Waals surface area (Å²) in [6.45, 7) is 3.27. The standard InChI is InChI=1S/C10H9ClO3/c1-6(10(13)14)9(12)7-3-2-4-8(11)5-7/h2-5,9,12H,1H2,(H,13,14). The largest absolute Gasteiger partial charge is 0.478 e. The summed E-state index contributed by atoms with van der Waals surface area (Å²) in [6.07, 6.45) is -1.22. The summed E-state index contributed by atoms with van der Waals surface area (Å²) in [7, 11) is 0. The molecule has 1 rings (SSSR count). The fraction of sp³-hybridized carbons (Fsp3) is 0.100. The van der Waals surface area contributed by atoms with Gasteiger partial charge in [-0.1, -0.05) is 30.3 Å². The highest BCUT2D eigenvalue weighted by atomic mass is 35.5. The van der Waals surface area contributed by atoms with Gasteiger partial charge >= 0.3 is 5.97 Å². The highest BCUT2D eigenvalue weighted by Gasteiger charge is 2.17. The molecule has 0 bridgehead atoms. The van der Waals surface area contributed by atoms with E-state index in [0.717, 1.165) is 0 Å². The first-order valence-corrected chi connectivity index (χ1v) is 4.26. The smallest absolute Gasteiger partial charge is 0.333 e. The average Bonchev–Trinajstić information content (AvgIpc) is 2.15. The van der Waals surface area contributed by atoms with Gasteiger partial charge in [0.05, 0.1) is 5.57 Å². The Bertz CT molecular complexity index is 373. The van der Waals surface area contributed by atoms with E-state index < -0.39 is 12.1 Å². The molecule has 0 fully saturated rings. The number of rotatable bonds is 3. The summed E-state index contributed by atoms with van der Waals surface area (Å²) in [5.74, 6) is -1.22. The lowest BCUT2D eigenvalue weighted by molar-refractivity contribution is -0.133. The van der Waals surface area contributed by atoms with E-state index in [9.17, 15) is 9.90 Å². The number of benzene rings is 1. The summed E-state index contributed by atoms with van der Waals surface area (Å²) in [5, 5.41) is 18.6. The zero-order chi connectivity index (χ0) is 10.7. The lowest BCUT2D eigenvalue weighted by Gasteiger charge is -2.10. The fourth-order valence-electron chi connectivity index (χ4n) is 0.995. The van der Waals surface area contributed by atoms with Gasteiger partial charge in [-0.3, -0.25) is 0 Å². The molecule has 0 aliphatic rings. The maximum absolute atomic E-state index is 10.5. The van der Waals surface area contributed by atoms with Gasteiger partial charge in [0.2, 0.25) is 0 Å². The van der Waals surface area contributed by atoms with E-state index >= 15 is 0 Å². The van der Waals surface area contributed by atoms with Crippen LogP contribution in [0.5, 0.6) is 0 Å². The quantitative estimate of drug-likeness (QED) is 0.754. The SMILES string of the molecule is C=C(C(=O)O)C(O)c1cccc(Cl)c1. The minimum absolute atomic E-state index is 0.271.